The monoisotopic (exact) mass is 268 g/mol. The normalized spacial score (nSPS) is 13.9. The van der Waals surface area contributed by atoms with E-state index in [0.717, 1.165) is 28.9 Å². The second-order valence-electron chi connectivity index (χ2n) is 5.00. The van der Waals surface area contributed by atoms with Gasteiger partial charge < -0.3 is 10.6 Å². The molecule has 0 saturated carbocycles. The van der Waals surface area contributed by atoms with Crippen LogP contribution in [-0.2, 0) is 13.0 Å². The minimum atomic E-state index is -0.0782. The van der Waals surface area contributed by atoms with Crippen LogP contribution in [0.5, 0.6) is 0 Å². The van der Waals surface area contributed by atoms with Crippen LogP contribution in [0.4, 0.5) is 5.69 Å². The van der Waals surface area contributed by atoms with Crippen LogP contribution < -0.4 is 5.73 Å². The Morgan fingerprint density at radius 2 is 2.15 bits per heavy atom. The fourth-order valence-corrected chi connectivity index (χ4v) is 2.48. The number of carbonyl (C=O) groups excluding carboxylic acids is 1. The predicted octanol–water partition coefficient (Wildman–Crippen LogP) is 1.57. The van der Waals surface area contributed by atoms with E-state index in [9.17, 15) is 4.79 Å². The molecule has 2 heterocycles. The molecule has 20 heavy (non-hydrogen) atoms. The summed E-state index contributed by atoms with van der Waals surface area (Å²) in [6.07, 6.45) is 3.93. The van der Waals surface area contributed by atoms with Gasteiger partial charge in [-0.2, -0.15) is 0 Å². The molecule has 3 rings (SSSR count). The summed E-state index contributed by atoms with van der Waals surface area (Å²) in [5.74, 6) is -0.0782. The van der Waals surface area contributed by atoms with Crippen molar-refractivity contribution in [2.24, 2.45) is 0 Å². The summed E-state index contributed by atoms with van der Waals surface area (Å²) >= 11 is 0. The highest BCUT2D eigenvalue weighted by molar-refractivity contribution is 5.92. The minimum absolute atomic E-state index is 0.0782. The van der Waals surface area contributed by atoms with E-state index in [4.69, 9.17) is 5.73 Å². The first-order valence-corrected chi connectivity index (χ1v) is 6.59. The minimum Gasteiger partial charge on any atom is -0.398 e. The zero-order chi connectivity index (χ0) is 14.1. The van der Waals surface area contributed by atoms with E-state index in [0.29, 0.717) is 18.8 Å². The average Bonchev–Trinajstić information content (AvgIpc) is 2.47. The van der Waals surface area contributed by atoms with Crippen molar-refractivity contribution in [3.05, 3.63) is 53.1 Å². The van der Waals surface area contributed by atoms with Crippen LogP contribution in [0.1, 0.15) is 27.3 Å². The van der Waals surface area contributed by atoms with Crippen molar-refractivity contribution in [3.63, 3.8) is 0 Å². The SMILES string of the molecule is Cc1cnc(C(=O)N2CCc3c(N)cccc3C2)cn1. The highest BCUT2D eigenvalue weighted by Crippen LogP contribution is 2.24. The molecule has 1 aliphatic heterocycles. The summed E-state index contributed by atoms with van der Waals surface area (Å²) in [7, 11) is 0. The van der Waals surface area contributed by atoms with E-state index >= 15 is 0 Å². The lowest BCUT2D eigenvalue weighted by molar-refractivity contribution is 0.0728. The molecule has 0 atom stereocenters. The first-order valence-electron chi connectivity index (χ1n) is 6.59. The number of hydrogen-bond acceptors (Lipinski definition) is 4. The number of carbonyl (C=O) groups is 1. The lowest BCUT2D eigenvalue weighted by Gasteiger charge is -2.29. The third kappa shape index (κ3) is 2.22. The Bertz CT molecular complexity index is 651. The Morgan fingerprint density at radius 3 is 2.90 bits per heavy atom. The van der Waals surface area contributed by atoms with Gasteiger partial charge in [0.15, 0.2) is 0 Å². The van der Waals surface area contributed by atoms with Gasteiger partial charge in [0.25, 0.3) is 5.91 Å². The molecule has 0 spiro atoms. The van der Waals surface area contributed by atoms with Gasteiger partial charge in [0.2, 0.25) is 0 Å². The van der Waals surface area contributed by atoms with Gasteiger partial charge in [-0.3, -0.25) is 9.78 Å². The summed E-state index contributed by atoms with van der Waals surface area (Å²) in [5, 5.41) is 0. The van der Waals surface area contributed by atoms with Crippen molar-refractivity contribution in [2.45, 2.75) is 19.9 Å². The Kier molecular flexibility index (Phi) is 3.10. The standard InChI is InChI=1S/C15H16N4O/c1-10-7-18-14(8-17-10)15(20)19-6-5-12-11(9-19)3-2-4-13(12)16/h2-4,7-8H,5-6,9,16H2,1H3. The zero-order valence-corrected chi connectivity index (χ0v) is 11.3. The van der Waals surface area contributed by atoms with Crippen molar-refractivity contribution < 1.29 is 4.79 Å². The molecule has 0 fully saturated rings. The zero-order valence-electron chi connectivity index (χ0n) is 11.3. The van der Waals surface area contributed by atoms with E-state index < -0.39 is 0 Å². The third-order valence-corrected chi connectivity index (χ3v) is 3.59. The molecule has 0 unspecified atom stereocenters. The summed E-state index contributed by atoms with van der Waals surface area (Å²) in [6, 6.07) is 5.85. The molecule has 5 nitrogen and oxygen atoms in total. The van der Waals surface area contributed by atoms with Gasteiger partial charge in [-0.05, 0) is 30.5 Å². The third-order valence-electron chi connectivity index (χ3n) is 3.59. The van der Waals surface area contributed by atoms with Crippen molar-refractivity contribution in [2.75, 3.05) is 12.3 Å². The first kappa shape index (κ1) is 12.6. The van der Waals surface area contributed by atoms with Gasteiger partial charge in [-0.15, -0.1) is 0 Å². The van der Waals surface area contributed by atoms with Crippen molar-refractivity contribution in [1.29, 1.82) is 0 Å². The number of fused-ring (bicyclic) bond motifs is 1. The second-order valence-corrected chi connectivity index (χ2v) is 5.00. The highest BCUT2D eigenvalue weighted by atomic mass is 16.2. The molecule has 2 aromatic rings. The number of amides is 1. The molecular formula is C15H16N4O. The lowest BCUT2D eigenvalue weighted by Crippen LogP contribution is -2.36. The molecule has 0 saturated heterocycles. The number of benzene rings is 1. The molecule has 1 aromatic heterocycles. The molecule has 102 valence electrons. The number of aryl methyl sites for hydroxylation is 1. The number of anilines is 1. The summed E-state index contributed by atoms with van der Waals surface area (Å²) in [6.45, 7) is 3.09. The first-order chi connectivity index (χ1) is 9.65. The van der Waals surface area contributed by atoms with E-state index in [1.54, 1.807) is 11.1 Å². The average molecular weight is 268 g/mol. The topological polar surface area (TPSA) is 72.1 Å². The van der Waals surface area contributed by atoms with Crippen LogP contribution in [0.15, 0.2) is 30.6 Å². The quantitative estimate of drug-likeness (QED) is 0.797. The second kappa shape index (κ2) is 4.92. The van der Waals surface area contributed by atoms with Gasteiger partial charge in [-0.1, -0.05) is 12.1 Å². The van der Waals surface area contributed by atoms with Gasteiger partial charge in [0.1, 0.15) is 5.69 Å². The van der Waals surface area contributed by atoms with Gasteiger partial charge >= 0.3 is 0 Å². The van der Waals surface area contributed by atoms with Gasteiger partial charge in [-0.25, -0.2) is 4.98 Å². The molecular weight excluding hydrogens is 252 g/mol. The van der Waals surface area contributed by atoms with E-state index in [-0.39, 0.29) is 5.91 Å². The summed E-state index contributed by atoms with van der Waals surface area (Å²) < 4.78 is 0. The number of nitrogens with zero attached hydrogens (tertiary/aromatic N) is 3. The Balaban J connectivity index is 1.83. The number of rotatable bonds is 1. The van der Waals surface area contributed by atoms with E-state index in [1.807, 2.05) is 25.1 Å². The molecule has 2 N–H and O–H groups in total. The van der Waals surface area contributed by atoms with Gasteiger partial charge in [0, 0.05) is 25.0 Å². The fraction of sp³-hybridized carbons (Fsp3) is 0.267. The number of aromatic nitrogens is 2. The summed E-state index contributed by atoms with van der Waals surface area (Å²) in [4.78, 5) is 22.5. The van der Waals surface area contributed by atoms with Crippen molar-refractivity contribution in [3.8, 4) is 0 Å². The van der Waals surface area contributed by atoms with E-state index in [2.05, 4.69) is 9.97 Å². The van der Waals surface area contributed by atoms with E-state index in [1.165, 1.54) is 6.20 Å². The summed E-state index contributed by atoms with van der Waals surface area (Å²) in [5.41, 5.74) is 10.2. The Labute approximate surface area is 117 Å². The lowest BCUT2D eigenvalue weighted by atomic mass is 9.98. The number of nitrogens with two attached hydrogens (primary N) is 1. The predicted molar refractivity (Wildman–Crippen MR) is 76.1 cm³/mol. The maximum absolute atomic E-state index is 12.4. The van der Waals surface area contributed by atoms with Crippen LogP contribution in [0, 0.1) is 6.92 Å². The van der Waals surface area contributed by atoms with Crippen LogP contribution in [0.3, 0.4) is 0 Å². The maximum Gasteiger partial charge on any atom is 0.274 e. The maximum atomic E-state index is 12.4. The molecule has 0 aliphatic carbocycles. The highest BCUT2D eigenvalue weighted by Gasteiger charge is 2.23. The molecule has 1 amide bonds. The Morgan fingerprint density at radius 1 is 1.30 bits per heavy atom. The van der Waals surface area contributed by atoms with Crippen molar-refractivity contribution >= 4 is 11.6 Å². The molecule has 0 radical (unpaired) electrons. The smallest absolute Gasteiger partial charge is 0.274 e. The van der Waals surface area contributed by atoms with Crippen LogP contribution >= 0.6 is 0 Å². The Hall–Kier alpha value is -2.43. The molecule has 1 aromatic carbocycles. The molecule has 5 heteroatoms. The number of nitrogen functional groups attached to an aromatic ring is 1. The van der Waals surface area contributed by atoms with Crippen LogP contribution in [0.25, 0.3) is 0 Å². The molecule has 0 bridgehead atoms. The number of hydrogen-bond donors (Lipinski definition) is 1. The molecule has 1 aliphatic rings. The largest absolute Gasteiger partial charge is 0.398 e. The van der Waals surface area contributed by atoms with Crippen molar-refractivity contribution in [1.82, 2.24) is 14.9 Å². The van der Waals surface area contributed by atoms with Crippen LogP contribution in [0.2, 0.25) is 0 Å². The fourth-order valence-electron chi connectivity index (χ4n) is 2.48. The van der Waals surface area contributed by atoms with Crippen LogP contribution in [-0.4, -0.2) is 27.3 Å². The van der Waals surface area contributed by atoms with Gasteiger partial charge in [0.05, 0.1) is 11.9 Å².